The molecule has 0 aromatic carbocycles. The third kappa shape index (κ3) is 3.70. The van der Waals surface area contributed by atoms with Crippen LogP contribution < -0.4 is 10.2 Å². The van der Waals surface area contributed by atoms with Gasteiger partial charge < -0.3 is 10.2 Å². The van der Waals surface area contributed by atoms with Crippen LogP contribution in [0.1, 0.15) is 25.8 Å². The van der Waals surface area contributed by atoms with Gasteiger partial charge in [0, 0.05) is 42.8 Å². The highest BCUT2D eigenvalue weighted by Gasteiger charge is 2.29. The van der Waals surface area contributed by atoms with E-state index < -0.39 is 9.84 Å². The zero-order chi connectivity index (χ0) is 14.6. The fraction of sp³-hybridized carbons (Fsp3) is 0.643. The molecule has 0 spiro atoms. The summed E-state index contributed by atoms with van der Waals surface area (Å²) in [5, 5.41) is 3.38. The Balaban J connectivity index is 2.16. The minimum atomic E-state index is -2.88. The third-order valence-corrected chi connectivity index (χ3v) is 5.39. The van der Waals surface area contributed by atoms with Crippen molar-refractivity contribution >= 4 is 15.5 Å². The van der Waals surface area contributed by atoms with Crippen molar-refractivity contribution in [2.45, 2.75) is 32.9 Å². The average molecular weight is 297 g/mol. The fourth-order valence-corrected chi connectivity index (χ4v) is 4.15. The standard InChI is InChI=1S/C14H23N3O2S/c1-3-5-15-9-13-10-16-6-4-14(13)17-7-8-20(18,19)11-12(17)2/h4,6,10,12,15H,3,5,7-9,11H2,1-2H3. The first kappa shape index (κ1) is 15.3. The molecule has 2 rings (SSSR count). The van der Waals surface area contributed by atoms with Gasteiger partial charge in [-0.05, 0) is 26.0 Å². The summed E-state index contributed by atoms with van der Waals surface area (Å²) >= 11 is 0. The number of sulfone groups is 1. The minimum absolute atomic E-state index is 0.0149. The smallest absolute Gasteiger partial charge is 0.154 e. The molecule has 2 heterocycles. The van der Waals surface area contributed by atoms with Crippen LogP contribution in [0.25, 0.3) is 0 Å². The molecule has 1 aromatic rings. The predicted molar refractivity (Wildman–Crippen MR) is 81.7 cm³/mol. The van der Waals surface area contributed by atoms with Gasteiger partial charge in [0.1, 0.15) is 0 Å². The molecule has 1 aromatic heterocycles. The molecule has 0 bridgehead atoms. The van der Waals surface area contributed by atoms with Crippen LogP contribution in [0.4, 0.5) is 5.69 Å². The van der Waals surface area contributed by atoms with Crippen molar-refractivity contribution in [3.8, 4) is 0 Å². The van der Waals surface area contributed by atoms with Crippen molar-refractivity contribution in [1.82, 2.24) is 10.3 Å². The van der Waals surface area contributed by atoms with E-state index in [0.717, 1.165) is 30.8 Å². The molecular weight excluding hydrogens is 274 g/mol. The normalized spacial score (nSPS) is 21.9. The maximum atomic E-state index is 11.7. The van der Waals surface area contributed by atoms with Crippen LogP contribution >= 0.6 is 0 Å². The molecule has 1 aliphatic rings. The van der Waals surface area contributed by atoms with E-state index in [4.69, 9.17) is 0 Å². The molecule has 20 heavy (non-hydrogen) atoms. The number of nitrogens with one attached hydrogen (secondary N) is 1. The summed E-state index contributed by atoms with van der Waals surface area (Å²) in [6.45, 7) is 6.41. The van der Waals surface area contributed by atoms with E-state index in [1.807, 2.05) is 19.2 Å². The molecule has 1 unspecified atom stereocenters. The lowest BCUT2D eigenvalue weighted by Gasteiger charge is -2.36. The molecular formula is C14H23N3O2S. The second-order valence-corrected chi connectivity index (χ2v) is 7.57. The molecule has 1 fully saturated rings. The van der Waals surface area contributed by atoms with Crippen LogP contribution in [0.15, 0.2) is 18.5 Å². The second kappa shape index (κ2) is 6.54. The van der Waals surface area contributed by atoms with E-state index >= 15 is 0 Å². The van der Waals surface area contributed by atoms with E-state index in [-0.39, 0.29) is 17.5 Å². The van der Waals surface area contributed by atoms with Gasteiger partial charge in [0.15, 0.2) is 9.84 Å². The molecule has 1 saturated heterocycles. The SMILES string of the molecule is CCCNCc1cnccc1N1CCS(=O)(=O)CC1C. The highest BCUT2D eigenvalue weighted by Crippen LogP contribution is 2.24. The van der Waals surface area contributed by atoms with Gasteiger partial charge in [0.2, 0.25) is 0 Å². The Morgan fingerprint density at radius 1 is 1.50 bits per heavy atom. The van der Waals surface area contributed by atoms with Crippen molar-refractivity contribution in [2.75, 3.05) is 29.5 Å². The summed E-state index contributed by atoms with van der Waals surface area (Å²) in [7, 11) is -2.88. The van der Waals surface area contributed by atoms with Gasteiger partial charge in [-0.25, -0.2) is 8.42 Å². The highest BCUT2D eigenvalue weighted by molar-refractivity contribution is 7.91. The number of hydrogen-bond donors (Lipinski definition) is 1. The van der Waals surface area contributed by atoms with Crippen LogP contribution in [-0.2, 0) is 16.4 Å². The summed E-state index contributed by atoms with van der Waals surface area (Å²) in [6.07, 6.45) is 4.73. The van der Waals surface area contributed by atoms with E-state index in [2.05, 4.69) is 22.1 Å². The van der Waals surface area contributed by atoms with Crippen LogP contribution in [0, 0.1) is 0 Å². The van der Waals surface area contributed by atoms with Gasteiger partial charge in [-0.1, -0.05) is 6.92 Å². The number of anilines is 1. The first-order chi connectivity index (χ1) is 9.53. The van der Waals surface area contributed by atoms with Gasteiger partial charge in [0.05, 0.1) is 11.5 Å². The fourth-order valence-electron chi connectivity index (χ4n) is 2.59. The molecule has 5 nitrogen and oxygen atoms in total. The number of pyridine rings is 1. The molecule has 112 valence electrons. The topological polar surface area (TPSA) is 62.3 Å². The number of hydrogen-bond acceptors (Lipinski definition) is 5. The average Bonchev–Trinajstić information content (AvgIpc) is 2.39. The van der Waals surface area contributed by atoms with Crippen molar-refractivity contribution in [1.29, 1.82) is 0 Å². The lowest BCUT2D eigenvalue weighted by Crippen LogP contribution is -2.47. The summed E-state index contributed by atoms with van der Waals surface area (Å²) in [6, 6.07) is 2.00. The summed E-state index contributed by atoms with van der Waals surface area (Å²) in [4.78, 5) is 6.37. The predicted octanol–water partition coefficient (Wildman–Crippen LogP) is 1.20. The molecule has 1 N–H and O–H groups in total. The van der Waals surface area contributed by atoms with Gasteiger partial charge in [-0.3, -0.25) is 4.98 Å². The summed E-state index contributed by atoms with van der Waals surface area (Å²) < 4.78 is 23.4. The Morgan fingerprint density at radius 2 is 2.30 bits per heavy atom. The van der Waals surface area contributed by atoms with Crippen molar-refractivity contribution in [3.63, 3.8) is 0 Å². The number of aromatic nitrogens is 1. The van der Waals surface area contributed by atoms with Gasteiger partial charge in [-0.2, -0.15) is 0 Å². The van der Waals surface area contributed by atoms with Crippen molar-refractivity contribution in [3.05, 3.63) is 24.0 Å². The second-order valence-electron chi connectivity index (χ2n) is 5.34. The maximum Gasteiger partial charge on any atom is 0.154 e. The highest BCUT2D eigenvalue weighted by atomic mass is 32.2. The third-order valence-electron chi connectivity index (χ3n) is 3.60. The Hall–Kier alpha value is -1.14. The lowest BCUT2D eigenvalue weighted by atomic mass is 10.1. The quantitative estimate of drug-likeness (QED) is 0.828. The zero-order valence-corrected chi connectivity index (χ0v) is 13.0. The summed E-state index contributed by atoms with van der Waals surface area (Å²) in [5.74, 6) is 0.471. The first-order valence-corrected chi connectivity index (χ1v) is 8.96. The van der Waals surface area contributed by atoms with Crippen LogP contribution in [-0.4, -0.2) is 44.0 Å². The minimum Gasteiger partial charge on any atom is -0.366 e. The van der Waals surface area contributed by atoms with Crippen LogP contribution in [0.2, 0.25) is 0 Å². The Morgan fingerprint density at radius 3 is 3.00 bits per heavy atom. The van der Waals surface area contributed by atoms with E-state index in [1.54, 1.807) is 6.20 Å². The Bertz CT molecular complexity index is 545. The van der Waals surface area contributed by atoms with Crippen LogP contribution in [0.5, 0.6) is 0 Å². The van der Waals surface area contributed by atoms with E-state index in [0.29, 0.717) is 6.54 Å². The van der Waals surface area contributed by atoms with E-state index in [1.165, 1.54) is 0 Å². The first-order valence-electron chi connectivity index (χ1n) is 7.14. The molecule has 6 heteroatoms. The van der Waals surface area contributed by atoms with Crippen molar-refractivity contribution in [2.24, 2.45) is 0 Å². The van der Waals surface area contributed by atoms with Crippen molar-refractivity contribution < 1.29 is 8.42 Å². The van der Waals surface area contributed by atoms with Gasteiger partial charge >= 0.3 is 0 Å². The molecule has 0 aliphatic carbocycles. The Kier molecular flexibility index (Phi) is 4.99. The number of rotatable bonds is 5. The Labute approximate surface area is 121 Å². The zero-order valence-electron chi connectivity index (χ0n) is 12.2. The molecule has 0 saturated carbocycles. The molecule has 1 atom stereocenters. The summed E-state index contributed by atoms with van der Waals surface area (Å²) in [5.41, 5.74) is 2.23. The maximum absolute atomic E-state index is 11.7. The molecule has 0 radical (unpaired) electrons. The monoisotopic (exact) mass is 297 g/mol. The number of nitrogens with zero attached hydrogens (tertiary/aromatic N) is 2. The molecule has 1 aliphatic heterocycles. The van der Waals surface area contributed by atoms with E-state index in [9.17, 15) is 8.42 Å². The van der Waals surface area contributed by atoms with Gasteiger partial charge in [-0.15, -0.1) is 0 Å². The lowest BCUT2D eigenvalue weighted by molar-refractivity contribution is 0.567. The largest absolute Gasteiger partial charge is 0.366 e. The van der Waals surface area contributed by atoms with Gasteiger partial charge in [0.25, 0.3) is 0 Å². The van der Waals surface area contributed by atoms with Crippen LogP contribution in [0.3, 0.4) is 0 Å². The molecule has 0 amide bonds.